The van der Waals surface area contributed by atoms with Crippen LogP contribution in [0.4, 0.5) is 11.5 Å². The quantitative estimate of drug-likeness (QED) is 0.708. The first-order valence-electron chi connectivity index (χ1n) is 10.8. The molecule has 3 aromatic rings. The first-order valence-corrected chi connectivity index (χ1v) is 10.8. The van der Waals surface area contributed by atoms with Crippen molar-refractivity contribution in [3.05, 3.63) is 18.3 Å². The average Bonchev–Trinajstić information content (AvgIpc) is 3.47. The standard InChI is InChI=1S/C21H27N7O2/c1-13-12-29-8-7-28(13)17-9-18(27-10-14-3-4-15(11-27)30-14)23-20-19(16-5-6-22-24-16)25-26(2)21(17)20/h5-6,9,13-15H,3-4,7-8,10-12H2,1-2H3,(H,22,24)/t13-,14?,15?/m1/s1. The van der Waals surface area contributed by atoms with Crippen molar-refractivity contribution in [1.29, 1.82) is 0 Å². The Morgan fingerprint density at radius 1 is 1.20 bits per heavy atom. The van der Waals surface area contributed by atoms with Gasteiger partial charge in [0.05, 0.1) is 36.8 Å². The monoisotopic (exact) mass is 409 g/mol. The molecule has 3 aliphatic heterocycles. The van der Waals surface area contributed by atoms with Crippen LogP contribution in [0.3, 0.4) is 0 Å². The molecular weight excluding hydrogens is 382 g/mol. The van der Waals surface area contributed by atoms with Crippen molar-refractivity contribution in [2.75, 3.05) is 42.6 Å². The normalized spacial score (nSPS) is 26.7. The summed E-state index contributed by atoms with van der Waals surface area (Å²) in [7, 11) is 1.99. The molecule has 158 valence electrons. The number of nitrogens with zero attached hydrogens (tertiary/aromatic N) is 6. The zero-order valence-electron chi connectivity index (χ0n) is 17.4. The molecular formula is C21H27N7O2. The molecule has 6 heterocycles. The maximum atomic E-state index is 6.06. The summed E-state index contributed by atoms with van der Waals surface area (Å²) in [4.78, 5) is 9.96. The molecule has 3 saturated heterocycles. The third kappa shape index (κ3) is 2.87. The zero-order valence-corrected chi connectivity index (χ0v) is 17.4. The summed E-state index contributed by atoms with van der Waals surface area (Å²) in [6.07, 6.45) is 4.66. The van der Waals surface area contributed by atoms with E-state index in [1.54, 1.807) is 6.20 Å². The maximum absolute atomic E-state index is 6.06. The number of anilines is 2. The Hall–Kier alpha value is -2.65. The Balaban J connectivity index is 1.53. The molecule has 3 aliphatic rings. The number of pyridine rings is 1. The molecule has 0 spiro atoms. The van der Waals surface area contributed by atoms with Crippen LogP contribution < -0.4 is 9.80 Å². The van der Waals surface area contributed by atoms with Crippen LogP contribution in [0.5, 0.6) is 0 Å². The smallest absolute Gasteiger partial charge is 0.137 e. The van der Waals surface area contributed by atoms with Crippen LogP contribution in [-0.4, -0.2) is 76.1 Å². The van der Waals surface area contributed by atoms with Gasteiger partial charge in [-0.05, 0) is 25.8 Å². The highest BCUT2D eigenvalue weighted by Gasteiger charge is 2.35. The Morgan fingerprint density at radius 3 is 2.77 bits per heavy atom. The number of ether oxygens (including phenoxy) is 2. The van der Waals surface area contributed by atoms with Crippen LogP contribution in [0.2, 0.25) is 0 Å². The predicted octanol–water partition coefficient (Wildman–Crippen LogP) is 1.95. The molecule has 0 aromatic carbocycles. The highest BCUT2D eigenvalue weighted by Crippen LogP contribution is 2.37. The van der Waals surface area contributed by atoms with E-state index in [1.807, 2.05) is 17.8 Å². The molecule has 0 amide bonds. The van der Waals surface area contributed by atoms with Crippen LogP contribution in [-0.2, 0) is 16.5 Å². The molecule has 1 N–H and O–H groups in total. The molecule has 2 bridgehead atoms. The van der Waals surface area contributed by atoms with Gasteiger partial charge < -0.3 is 19.3 Å². The summed E-state index contributed by atoms with van der Waals surface area (Å²) in [6.45, 7) is 6.33. The van der Waals surface area contributed by atoms with E-state index >= 15 is 0 Å². The fourth-order valence-electron chi connectivity index (χ4n) is 5.08. The fraction of sp³-hybridized carbons (Fsp3) is 0.571. The Kier molecular flexibility index (Phi) is 4.21. The van der Waals surface area contributed by atoms with Crippen molar-refractivity contribution in [3.63, 3.8) is 0 Å². The van der Waals surface area contributed by atoms with Gasteiger partial charge in [-0.3, -0.25) is 9.78 Å². The van der Waals surface area contributed by atoms with Crippen LogP contribution in [0, 0.1) is 0 Å². The molecule has 0 saturated carbocycles. The molecule has 3 fully saturated rings. The molecule has 3 atom stereocenters. The van der Waals surface area contributed by atoms with Gasteiger partial charge in [0.15, 0.2) is 0 Å². The minimum Gasteiger partial charge on any atom is -0.377 e. The van der Waals surface area contributed by atoms with Crippen molar-refractivity contribution in [1.82, 2.24) is 25.0 Å². The lowest BCUT2D eigenvalue weighted by molar-refractivity contribution is 0.0302. The lowest BCUT2D eigenvalue weighted by atomic mass is 10.1. The topological polar surface area (TPSA) is 84.3 Å². The van der Waals surface area contributed by atoms with Gasteiger partial charge in [-0.25, -0.2) is 4.98 Å². The van der Waals surface area contributed by atoms with E-state index in [0.717, 1.165) is 73.9 Å². The highest BCUT2D eigenvalue weighted by molar-refractivity contribution is 5.98. The molecule has 0 radical (unpaired) electrons. The number of aromatic nitrogens is 5. The molecule has 30 heavy (non-hydrogen) atoms. The summed E-state index contributed by atoms with van der Waals surface area (Å²) in [5.74, 6) is 1.00. The minimum atomic E-state index is 0.295. The minimum absolute atomic E-state index is 0.295. The first-order chi connectivity index (χ1) is 14.7. The van der Waals surface area contributed by atoms with Crippen molar-refractivity contribution in [2.45, 2.75) is 38.0 Å². The molecule has 3 aromatic heterocycles. The number of aryl methyl sites for hydroxylation is 1. The number of aromatic amines is 1. The number of rotatable bonds is 3. The molecule has 0 aliphatic carbocycles. The van der Waals surface area contributed by atoms with E-state index in [0.29, 0.717) is 18.2 Å². The van der Waals surface area contributed by atoms with Crippen molar-refractivity contribution in [3.8, 4) is 11.4 Å². The van der Waals surface area contributed by atoms with E-state index in [1.165, 1.54) is 5.69 Å². The second kappa shape index (κ2) is 6.95. The van der Waals surface area contributed by atoms with Gasteiger partial charge in [0.2, 0.25) is 0 Å². The SMILES string of the molecule is C[C@@H]1COCCN1c1cc(N2CC3CCC(C2)O3)nc2c(-c3ccn[nH]3)nn(C)c12. The molecule has 2 unspecified atom stereocenters. The van der Waals surface area contributed by atoms with E-state index in [-0.39, 0.29) is 0 Å². The molecule has 9 heteroatoms. The highest BCUT2D eigenvalue weighted by atomic mass is 16.5. The second-order valence-corrected chi connectivity index (χ2v) is 8.62. The predicted molar refractivity (Wildman–Crippen MR) is 114 cm³/mol. The van der Waals surface area contributed by atoms with Crippen LogP contribution >= 0.6 is 0 Å². The van der Waals surface area contributed by atoms with E-state index in [2.05, 4.69) is 33.0 Å². The molecule has 6 rings (SSSR count). The van der Waals surface area contributed by atoms with Crippen LogP contribution in [0.25, 0.3) is 22.4 Å². The van der Waals surface area contributed by atoms with Crippen molar-refractivity contribution in [2.24, 2.45) is 7.05 Å². The summed E-state index contributed by atoms with van der Waals surface area (Å²) >= 11 is 0. The van der Waals surface area contributed by atoms with Gasteiger partial charge in [-0.1, -0.05) is 0 Å². The Bertz CT molecular complexity index is 1050. The third-order valence-electron chi connectivity index (χ3n) is 6.56. The van der Waals surface area contributed by atoms with Crippen molar-refractivity contribution >= 4 is 22.5 Å². The van der Waals surface area contributed by atoms with E-state index < -0.39 is 0 Å². The fourth-order valence-corrected chi connectivity index (χ4v) is 5.08. The van der Waals surface area contributed by atoms with Gasteiger partial charge in [-0.2, -0.15) is 10.2 Å². The lowest BCUT2D eigenvalue weighted by Gasteiger charge is -2.37. The van der Waals surface area contributed by atoms with Gasteiger partial charge in [-0.15, -0.1) is 0 Å². The largest absolute Gasteiger partial charge is 0.377 e. The lowest BCUT2D eigenvalue weighted by Crippen LogP contribution is -2.45. The average molecular weight is 409 g/mol. The van der Waals surface area contributed by atoms with Crippen LogP contribution in [0.1, 0.15) is 19.8 Å². The van der Waals surface area contributed by atoms with Gasteiger partial charge in [0, 0.05) is 45.0 Å². The summed E-state index contributed by atoms with van der Waals surface area (Å²) in [5, 5.41) is 12.0. The number of nitrogens with one attached hydrogen (secondary N) is 1. The van der Waals surface area contributed by atoms with E-state index in [9.17, 15) is 0 Å². The van der Waals surface area contributed by atoms with Crippen molar-refractivity contribution < 1.29 is 9.47 Å². The first kappa shape index (κ1) is 18.1. The van der Waals surface area contributed by atoms with Crippen LogP contribution in [0.15, 0.2) is 18.3 Å². The Morgan fingerprint density at radius 2 is 2.03 bits per heavy atom. The maximum Gasteiger partial charge on any atom is 0.137 e. The van der Waals surface area contributed by atoms with Gasteiger partial charge in [0.1, 0.15) is 22.5 Å². The Labute approximate surface area is 175 Å². The third-order valence-corrected chi connectivity index (χ3v) is 6.56. The number of hydrogen-bond donors (Lipinski definition) is 1. The number of hydrogen-bond acceptors (Lipinski definition) is 7. The van der Waals surface area contributed by atoms with Gasteiger partial charge >= 0.3 is 0 Å². The summed E-state index contributed by atoms with van der Waals surface area (Å²) < 4.78 is 13.7. The summed E-state index contributed by atoms with van der Waals surface area (Å²) in [6, 6.07) is 4.48. The molecule has 9 nitrogen and oxygen atoms in total. The number of morpholine rings is 2. The number of fused-ring (bicyclic) bond motifs is 3. The zero-order chi connectivity index (χ0) is 20.2. The van der Waals surface area contributed by atoms with Gasteiger partial charge in [0.25, 0.3) is 0 Å². The summed E-state index contributed by atoms with van der Waals surface area (Å²) in [5.41, 5.74) is 4.85. The number of H-pyrrole nitrogens is 1. The van der Waals surface area contributed by atoms with E-state index in [4.69, 9.17) is 19.6 Å². The second-order valence-electron chi connectivity index (χ2n) is 8.62.